The van der Waals surface area contributed by atoms with Gasteiger partial charge in [0.25, 0.3) is 11.6 Å². The lowest BCUT2D eigenvalue weighted by atomic mass is 9.87. The molecule has 0 saturated carbocycles. The summed E-state index contributed by atoms with van der Waals surface area (Å²) in [5.41, 5.74) is 0.886. The van der Waals surface area contributed by atoms with Gasteiger partial charge in [0.15, 0.2) is 6.61 Å². The number of likely N-dealkylation sites (tertiary alicyclic amines) is 1. The number of nitrogens with zero attached hydrogens (tertiary/aromatic N) is 2. The van der Waals surface area contributed by atoms with Gasteiger partial charge in [0, 0.05) is 25.2 Å². The molecule has 1 N–H and O–H groups in total. The van der Waals surface area contributed by atoms with E-state index in [1.807, 2.05) is 30.3 Å². The van der Waals surface area contributed by atoms with Crippen LogP contribution in [0.4, 0.5) is 5.69 Å². The molecule has 7 heteroatoms. The molecular weight excluding hydrogens is 348 g/mol. The number of nitro benzene ring substituents is 1. The van der Waals surface area contributed by atoms with E-state index in [1.54, 1.807) is 4.90 Å². The Morgan fingerprint density at radius 1 is 1.15 bits per heavy atom. The summed E-state index contributed by atoms with van der Waals surface area (Å²) >= 11 is 0. The predicted molar refractivity (Wildman–Crippen MR) is 99.3 cm³/mol. The predicted octanol–water partition coefficient (Wildman–Crippen LogP) is 2.95. The fourth-order valence-electron chi connectivity index (χ4n) is 3.29. The van der Waals surface area contributed by atoms with Gasteiger partial charge >= 0.3 is 0 Å². The van der Waals surface area contributed by atoms with Crippen molar-refractivity contribution in [3.63, 3.8) is 0 Å². The van der Waals surface area contributed by atoms with Crippen molar-refractivity contribution in [3.05, 3.63) is 70.3 Å². The van der Waals surface area contributed by atoms with E-state index in [0.29, 0.717) is 18.8 Å². The minimum absolute atomic E-state index is 0.0206. The highest BCUT2D eigenvalue weighted by Crippen LogP contribution is 2.30. The maximum absolute atomic E-state index is 12.3. The molecule has 142 valence electrons. The van der Waals surface area contributed by atoms with Crippen molar-refractivity contribution in [3.8, 4) is 5.75 Å². The van der Waals surface area contributed by atoms with Crippen molar-refractivity contribution in [2.24, 2.45) is 5.92 Å². The fourth-order valence-corrected chi connectivity index (χ4v) is 3.29. The van der Waals surface area contributed by atoms with Gasteiger partial charge in [-0.25, -0.2) is 0 Å². The maximum Gasteiger partial charge on any atom is 0.269 e. The molecule has 1 heterocycles. The number of hydrogen-bond acceptors (Lipinski definition) is 5. The monoisotopic (exact) mass is 370 g/mol. The van der Waals surface area contributed by atoms with Crippen LogP contribution >= 0.6 is 0 Å². The summed E-state index contributed by atoms with van der Waals surface area (Å²) in [6.07, 6.45) is 0.957. The summed E-state index contributed by atoms with van der Waals surface area (Å²) in [7, 11) is 0. The topological polar surface area (TPSA) is 92.9 Å². The van der Waals surface area contributed by atoms with E-state index in [0.717, 1.165) is 18.4 Å². The third kappa shape index (κ3) is 4.83. The number of nitro groups is 1. The molecule has 1 fully saturated rings. The molecular formula is C20H22N2O5. The van der Waals surface area contributed by atoms with E-state index in [9.17, 15) is 20.0 Å². The van der Waals surface area contributed by atoms with Crippen LogP contribution in [0.5, 0.6) is 5.75 Å². The van der Waals surface area contributed by atoms with Gasteiger partial charge in [0.1, 0.15) is 5.75 Å². The van der Waals surface area contributed by atoms with Gasteiger partial charge in [0.05, 0.1) is 11.0 Å². The summed E-state index contributed by atoms with van der Waals surface area (Å²) in [4.78, 5) is 24.2. The van der Waals surface area contributed by atoms with E-state index in [2.05, 4.69) is 0 Å². The minimum Gasteiger partial charge on any atom is -0.484 e. The first kappa shape index (κ1) is 18.8. The third-order valence-corrected chi connectivity index (χ3v) is 4.89. The molecule has 0 radical (unpaired) electrons. The zero-order chi connectivity index (χ0) is 19.2. The first-order valence-electron chi connectivity index (χ1n) is 8.92. The van der Waals surface area contributed by atoms with Crippen LogP contribution in [-0.2, 0) is 4.79 Å². The van der Waals surface area contributed by atoms with E-state index < -0.39 is 11.0 Å². The van der Waals surface area contributed by atoms with Gasteiger partial charge in [-0.15, -0.1) is 0 Å². The highest BCUT2D eigenvalue weighted by atomic mass is 16.6. The number of aliphatic hydroxyl groups is 1. The molecule has 27 heavy (non-hydrogen) atoms. The Balaban J connectivity index is 1.46. The molecule has 1 unspecified atom stereocenters. The number of piperidine rings is 1. The summed E-state index contributed by atoms with van der Waals surface area (Å²) < 4.78 is 5.44. The van der Waals surface area contributed by atoms with Crippen molar-refractivity contribution in [1.29, 1.82) is 0 Å². The lowest BCUT2D eigenvalue weighted by molar-refractivity contribution is -0.384. The zero-order valence-corrected chi connectivity index (χ0v) is 14.9. The second-order valence-electron chi connectivity index (χ2n) is 6.61. The number of carbonyl (C=O) groups excluding carboxylic acids is 1. The number of benzene rings is 2. The van der Waals surface area contributed by atoms with Crippen molar-refractivity contribution in [2.75, 3.05) is 19.7 Å². The number of ether oxygens (including phenoxy) is 1. The Bertz CT molecular complexity index is 771. The molecule has 1 atom stereocenters. The largest absolute Gasteiger partial charge is 0.484 e. The number of carbonyl (C=O) groups is 1. The normalized spacial score (nSPS) is 16.0. The molecule has 0 spiro atoms. The number of aliphatic hydroxyl groups excluding tert-OH is 1. The highest BCUT2D eigenvalue weighted by Gasteiger charge is 2.28. The van der Waals surface area contributed by atoms with Crippen LogP contribution in [0.3, 0.4) is 0 Å². The van der Waals surface area contributed by atoms with Crippen molar-refractivity contribution in [2.45, 2.75) is 18.9 Å². The zero-order valence-electron chi connectivity index (χ0n) is 14.9. The van der Waals surface area contributed by atoms with Crippen LogP contribution in [-0.4, -0.2) is 40.5 Å². The van der Waals surface area contributed by atoms with E-state index >= 15 is 0 Å². The van der Waals surface area contributed by atoms with Gasteiger partial charge in [-0.3, -0.25) is 14.9 Å². The van der Waals surface area contributed by atoms with Crippen LogP contribution in [0.1, 0.15) is 24.5 Å². The van der Waals surface area contributed by atoms with Gasteiger partial charge in [-0.2, -0.15) is 0 Å². The third-order valence-electron chi connectivity index (χ3n) is 4.89. The standard InChI is InChI=1S/C20H22N2O5/c23-19(14-27-18-8-6-17(7-9-18)22(25)26)21-12-10-16(11-13-21)20(24)15-4-2-1-3-5-15/h1-9,16,20,24H,10-14H2. The maximum atomic E-state index is 12.3. The Hall–Kier alpha value is -2.93. The molecule has 0 aliphatic carbocycles. The molecule has 1 amide bonds. The summed E-state index contributed by atoms with van der Waals surface area (Å²) in [5, 5.41) is 21.1. The molecule has 0 bridgehead atoms. The Labute approximate surface area is 157 Å². The smallest absolute Gasteiger partial charge is 0.269 e. The summed E-state index contributed by atoms with van der Waals surface area (Å²) in [5.74, 6) is 0.427. The number of hydrogen-bond donors (Lipinski definition) is 1. The van der Waals surface area contributed by atoms with Crippen molar-refractivity contribution < 1.29 is 19.6 Å². The number of rotatable bonds is 6. The van der Waals surface area contributed by atoms with E-state index in [-0.39, 0.29) is 24.1 Å². The fraction of sp³-hybridized carbons (Fsp3) is 0.350. The minimum atomic E-state index is -0.514. The average molecular weight is 370 g/mol. The number of non-ortho nitro benzene ring substituents is 1. The molecule has 3 rings (SSSR count). The molecule has 0 aromatic heterocycles. The van der Waals surface area contributed by atoms with Gasteiger partial charge < -0.3 is 14.7 Å². The molecule has 1 saturated heterocycles. The Morgan fingerprint density at radius 2 is 1.78 bits per heavy atom. The van der Waals surface area contributed by atoms with Crippen LogP contribution < -0.4 is 4.74 Å². The Morgan fingerprint density at radius 3 is 2.37 bits per heavy atom. The first-order valence-corrected chi connectivity index (χ1v) is 8.92. The lowest BCUT2D eigenvalue weighted by Crippen LogP contribution is -2.42. The van der Waals surface area contributed by atoms with Crippen LogP contribution in [0, 0.1) is 16.0 Å². The lowest BCUT2D eigenvalue weighted by Gasteiger charge is -2.34. The second kappa shape index (κ2) is 8.64. The van der Waals surface area contributed by atoms with Crippen LogP contribution in [0.15, 0.2) is 54.6 Å². The van der Waals surface area contributed by atoms with Gasteiger partial charge in [-0.1, -0.05) is 30.3 Å². The highest BCUT2D eigenvalue weighted by molar-refractivity contribution is 5.77. The molecule has 1 aliphatic heterocycles. The quantitative estimate of drug-likeness (QED) is 0.623. The second-order valence-corrected chi connectivity index (χ2v) is 6.61. The number of amides is 1. The molecule has 2 aromatic rings. The summed E-state index contributed by atoms with van der Waals surface area (Å²) in [6, 6.07) is 15.2. The first-order chi connectivity index (χ1) is 13.0. The SMILES string of the molecule is O=C(COc1ccc([N+](=O)[O-])cc1)N1CCC(C(O)c2ccccc2)CC1. The van der Waals surface area contributed by atoms with E-state index in [1.165, 1.54) is 24.3 Å². The molecule has 2 aromatic carbocycles. The van der Waals surface area contributed by atoms with Crippen molar-refractivity contribution >= 4 is 11.6 Å². The molecule has 1 aliphatic rings. The van der Waals surface area contributed by atoms with Crippen LogP contribution in [0.2, 0.25) is 0 Å². The summed E-state index contributed by atoms with van der Waals surface area (Å²) in [6.45, 7) is 1.05. The van der Waals surface area contributed by atoms with Crippen LogP contribution in [0.25, 0.3) is 0 Å². The van der Waals surface area contributed by atoms with Crippen molar-refractivity contribution in [1.82, 2.24) is 4.90 Å². The van der Waals surface area contributed by atoms with Gasteiger partial charge in [-0.05, 0) is 36.5 Å². The van der Waals surface area contributed by atoms with E-state index in [4.69, 9.17) is 4.74 Å². The molecule has 7 nitrogen and oxygen atoms in total. The average Bonchev–Trinajstić information content (AvgIpc) is 2.72. The Kier molecular flexibility index (Phi) is 6.03. The van der Waals surface area contributed by atoms with Gasteiger partial charge in [0.2, 0.25) is 0 Å².